The molecule has 7 heteroatoms. The lowest BCUT2D eigenvalue weighted by Gasteiger charge is -2.42. The monoisotopic (exact) mass is 586 g/mol. The van der Waals surface area contributed by atoms with Crippen LogP contribution in [0.1, 0.15) is 29.2 Å². The van der Waals surface area contributed by atoms with E-state index in [1.807, 2.05) is 72.8 Å². The van der Waals surface area contributed by atoms with Crippen LogP contribution in [0.3, 0.4) is 0 Å². The maximum absolute atomic E-state index is 15.3. The Bertz CT molecular complexity index is 1810. The Labute approximate surface area is 255 Å². The quantitative estimate of drug-likeness (QED) is 0.170. The lowest BCUT2D eigenvalue weighted by atomic mass is 9.59. The maximum atomic E-state index is 15.3. The lowest BCUT2D eigenvalue weighted by Crippen LogP contribution is -2.56. The molecule has 0 N–H and O–H groups in total. The number of hydrogen-bond donors (Lipinski definition) is 0. The van der Waals surface area contributed by atoms with E-state index < -0.39 is 22.9 Å². The van der Waals surface area contributed by atoms with E-state index in [1.54, 1.807) is 48.2 Å². The van der Waals surface area contributed by atoms with Gasteiger partial charge in [0.05, 0.1) is 24.3 Å². The first-order chi connectivity index (χ1) is 20.9. The molecule has 0 aromatic heterocycles. The zero-order chi connectivity index (χ0) is 30.2. The number of esters is 1. The number of amides is 1. The smallest absolute Gasteiger partial charge is 0.337 e. The minimum absolute atomic E-state index is 0.0760. The van der Waals surface area contributed by atoms with Crippen molar-refractivity contribution in [1.82, 2.24) is 0 Å². The number of nitrogens with zero attached hydrogens (tertiary/aromatic N) is 2. The second-order valence-corrected chi connectivity index (χ2v) is 10.8. The third-order valence-electron chi connectivity index (χ3n) is 8.08. The van der Waals surface area contributed by atoms with Crippen LogP contribution in [0.25, 0.3) is 5.76 Å². The van der Waals surface area contributed by atoms with Crippen molar-refractivity contribution in [3.63, 3.8) is 0 Å². The second kappa shape index (κ2) is 10.9. The van der Waals surface area contributed by atoms with Gasteiger partial charge in [-0.25, -0.2) is 4.79 Å². The van der Waals surface area contributed by atoms with Gasteiger partial charge in [-0.2, -0.15) is 5.26 Å². The molecule has 6 rings (SSSR count). The van der Waals surface area contributed by atoms with Gasteiger partial charge in [0.15, 0.2) is 11.0 Å². The summed E-state index contributed by atoms with van der Waals surface area (Å²) in [6.45, 7) is 6.23. The van der Waals surface area contributed by atoms with Crippen molar-refractivity contribution in [3.8, 4) is 6.07 Å². The highest BCUT2D eigenvalue weighted by Gasteiger charge is 2.74. The molecule has 0 radical (unpaired) electrons. The normalized spacial score (nSPS) is 20.5. The molecule has 0 bridgehead atoms. The molecule has 4 aromatic rings. The Morgan fingerprint density at radius 1 is 0.953 bits per heavy atom. The Morgan fingerprint density at radius 2 is 1.58 bits per heavy atom. The predicted octanol–water partition coefficient (Wildman–Crippen LogP) is 7.10. The van der Waals surface area contributed by atoms with Crippen molar-refractivity contribution >= 4 is 34.9 Å². The topological polar surface area (TPSA) is 79.6 Å². The maximum Gasteiger partial charge on any atom is 0.337 e. The van der Waals surface area contributed by atoms with Gasteiger partial charge in [0.25, 0.3) is 0 Å². The molecule has 43 heavy (non-hydrogen) atoms. The van der Waals surface area contributed by atoms with E-state index in [9.17, 15) is 10.1 Å². The highest BCUT2D eigenvalue weighted by Crippen LogP contribution is 2.66. The van der Waals surface area contributed by atoms with Gasteiger partial charge in [0.1, 0.15) is 11.8 Å². The SMILES string of the molecule is C=C(C(=O)OCC)[C@@]1(c2ccc(Cl)cc2)OC(c2ccccc2)=C(C#N)[C@]12C(=O)N(Cc1ccccc1)c1ccccc12. The molecule has 2 aliphatic heterocycles. The third kappa shape index (κ3) is 4.08. The van der Waals surface area contributed by atoms with Crippen molar-refractivity contribution in [2.24, 2.45) is 0 Å². The first-order valence-corrected chi connectivity index (χ1v) is 14.2. The number of benzene rings is 4. The Morgan fingerprint density at radius 3 is 2.23 bits per heavy atom. The molecule has 4 aromatic carbocycles. The molecule has 2 atom stereocenters. The second-order valence-electron chi connectivity index (χ2n) is 10.3. The minimum atomic E-state index is -1.89. The van der Waals surface area contributed by atoms with Crippen LogP contribution < -0.4 is 4.90 Å². The van der Waals surface area contributed by atoms with Gasteiger partial charge in [-0.15, -0.1) is 0 Å². The molecule has 0 aliphatic carbocycles. The van der Waals surface area contributed by atoms with Gasteiger partial charge in [-0.3, -0.25) is 4.79 Å². The van der Waals surface area contributed by atoms with E-state index in [-0.39, 0.29) is 30.1 Å². The van der Waals surface area contributed by atoms with Crippen molar-refractivity contribution in [2.45, 2.75) is 24.5 Å². The molecule has 2 heterocycles. The molecule has 1 spiro atoms. The number of halogens is 1. The van der Waals surface area contributed by atoms with Crippen LogP contribution in [0.5, 0.6) is 0 Å². The third-order valence-corrected chi connectivity index (χ3v) is 8.33. The molecule has 0 unspecified atom stereocenters. The number of carbonyl (C=O) groups excluding carboxylic acids is 2. The number of carbonyl (C=O) groups is 2. The highest BCUT2D eigenvalue weighted by atomic mass is 35.5. The Kier molecular flexibility index (Phi) is 7.13. The summed E-state index contributed by atoms with van der Waals surface area (Å²) < 4.78 is 12.4. The van der Waals surface area contributed by atoms with Crippen LogP contribution in [0.2, 0.25) is 5.02 Å². The van der Waals surface area contributed by atoms with Gasteiger partial charge in [0.2, 0.25) is 5.91 Å². The number of anilines is 1. The van der Waals surface area contributed by atoms with Crippen molar-refractivity contribution in [3.05, 3.63) is 154 Å². The van der Waals surface area contributed by atoms with E-state index in [0.29, 0.717) is 27.4 Å². The average Bonchev–Trinajstić information content (AvgIpc) is 3.49. The number of hydrogen-bond acceptors (Lipinski definition) is 5. The summed E-state index contributed by atoms with van der Waals surface area (Å²) in [5.74, 6) is -0.969. The highest BCUT2D eigenvalue weighted by molar-refractivity contribution is 6.30. The molecule has 1 amide bonds. The molecule has 0 fully saturated rings. The van der Waals surface area contributed by atoms with Gasteiger partial charge >= 0.3 is 5.97 Å². The number of nitriles is 1. The standard InChI is InChI=1S/C36H27ClN2O4/c1-3-42-33(40)24(2)36(27-18-20-28(37)21-19-27)35(30(22-38)32(43-36)26-14-8-5-9-15-26)29-16-10-11-17-31(29)39(34(35)41)23-25-12-6-4-7-13-25/h4-21H,2-3,23H2,1H3/t35-,36+/m1/s1. The van der Waals surface area contributed by atoms with Crippen LogP contribution in [0, 0.1) is 11.3 Å². The number of fused-ring (bicyclic) bond motifs is 2. The molecular weight excluding hydrogens is 560 g/mol. The van der Waals surface area contributed by atoms with Crippen LogP contribution in [-0.2, 0) is 36.6 Å². The zero-order valence-electron chi connectivity index (χ0n) is 23.4. The summed E-state index contributed by atoms with van der Waals surface area (Å²) in [6, 6.07) is 35.1. The summed E-state index contributed by atoms with van der Waals surface area (Å²) in [4.78, 5) is 30.7. The lowest BCUT2D eigenvalue weighted by molar-refractivity contribution is -0.143. The van der Waals surface area contributed by atoms with Gasteiger partial charge in [-0.1, -0.05) is 109 Å². The minimum Gasteiger partial charge on any atom is -0.474 e. The number of ether oxygens (including phenoxy) is 2. The van der Waals surface area contributed by atoms with Gasteiger partial charge in [0, 0.05) is 27.4 Å². The zero-order valence-corrected chi connectivity index (χ0v) is 24.2. The van der Waals surface area contributed by atoms with E-state index in [2.05, 4.69) is 12.6 Å². The Hall–Kier alpha value is -5.12. The largest absolute Gasteiger partial charge is 0.474 e. The van der Waals surface area contributed by atoms with Crippen molar-refractivity contribution in [1.29, 1.82) is 5.26 Å². The van der Waals surface area contributed by atoms with E-state index in [4.69, 9.17) is 21.1 Å². The van der Waals surface area contributed by atoms with Crippen LogP contribution in [0.15, 0.2) is 127 Å². The summed E-state index contributed by atoms with van der Waals surface area (Å²) >= 11 is 6.32. The van der Waals surface area contributed by atoms with Crippen LogP contribution in [-0.4, -0.2) is 18.5 Å². The molecule has 6 nitrogen and oxygen atoms in total. The summed E-state index contributed by atoms with van der Waals surface area (Å²) in [5.41, 5.74) is -0.706. The first kappa shape index (κ1) is 28.0. The molecular formula is C36H27ClN2O4. The molecule has 2 aliphatic rings. The van der Waals surface area contributed by atoms with E-state index in [0.717, 1.165) is 5.56 Å². The van der Waals surface area contributed by atoms with Gasteiger partial charge < -0.3 is 14.4 Å². The molecule has 0 saturated carbocycles. The fourth-order valence-electron chi connectivity index (χ4n) is 6.30. The molecule has 0 saturated heterocycles. The predicted molar refractivity (Wildman–Crippen MR) is 165 cm³/mol. The van der Waals surface area contributed by atoms with Crippen LogP contribution >= 0.6 is 11.6 Å². The van der Waals surface area contributed by atoms with Crippen molar-refractivity contribution in [2.75, 3.05) is 11.5 Å². The fourth-order valence-corrected chi connectivity index (χ4v) is 6.42. The number of para-hydroxylation sites is 1. The molecule has 212 valence electrons. The number of rotatable bonds is 7. The first-order valence-electron chi connectivity index (χ1n) is 13.9. The summed E-state index contributed by atoms with van der Waals surface area (Å²) in [7, 11) is 0. The van der Waals surface area contributed by atoms with E-state index >= 15 is 4.79 Å². The van der Waals surface area contributed by atoms with Crippen LogP contribution in [0.4, 0.5) is 5.69 Å². The Balaban J connectivity index is 1.74. The summed E-state index contributed by atoms with van der Waals surface area (Å²) in [6.07, 6.45) is 0. The fraction of sp³-hybridized carbons (Fsp3) is 0.139. The summed E-state index contributed by atoms with van der Waals surface area (Å²) in [5, 5.41) is 11.4. The average molecular weight is 587 g/mol. The van der Waals surface area contributed by atoms with Gasteiger partial charge in [-0.05, 0) is 30.7 Å². The van der Waals surface area contributed by atoms with E-state index in [1.165, 1.54) is 0 Å². The van der Waals surface area contributed by atoms with Crippen molar-refractivity contribution < 1.29 is 19.1 Å².